The molecule has 2 N–H and O–H groups in total. The first-order valence-electron chi connectivity index (χ1n) is 6.25. The van der Waals surface area contributed by atoms with Crippen molar-refractivity contribution < 1.29 is 19.0 Å². The molecule has 0 aromatic heterocycles. The van der Waals surface area contributed by atoms with E-state index in [9.17, 15) is 4.79 Å². The van der Waals surface area contributed by atoms with E-state index < -0.39 is 5.97 Å². The minimum Gasteiger partial charge on any atom is -0.460 e. The third kappa shape index (κ3) is 5.28. The van der Waals surface area contributed by atoms with E-state index >= 15 is 0 Å². The molecule has 0 atom stereocenters. The van der Waals surface area contributed by atoms with E-state index in [1.165, 1.54) is 0 Å². The van der Waals surface area contributed by atoms with Crippen LogP contribution in [0.1, 0.15) is 22.3 Å². The van der Waals surface area contributed by atoms with Gasteiger partial charge in [-0.25, -0.2) is 4.79 Å². The zero-order chi connectivity index (χ0) is 14.1. The van der Waals surface area contributed by atoms with Crippen LogP contribution in [0.15, 0.2) is 18.2 Å². The lowest BCUT2D eigenvalue weighted by Crippen LogP contribution is -2.14. The molecule has 0 bridgehead atoms. The molecule has 0 saturated heterocycles. The SMILES string of the molecule is COCCCOCCOC(=O)c1c(C)cccc1N. The minimum absolute atomic E-state index is 0.222. The van der Waals surface area contributed by atoms with Crippen molar-refractivity contribution in [2.45, 2.75) is 13.3 Å². The van der Waals surface area contributed by atoms with Crippen LogP contribution >= 0.6 is 0 Å². The van der Waals surface area contributed by atoms with Crippen LogP contribution in [-0.4, -0.2) is 39.5 Å². The van der Waals surface area contributed by atoms with Gasteiger partial charge in [0.1, 0.15) is 6.61 Å². The van der Waals surface area contributed by atoms with Crippen LogP contribution in [0.2, 0.25) is 0 Å². The van der Waals surface area contributed by atoms with Crippen molar-refractivity contribution in [1.29, 1.82) is 0 Å². The van der Waals surface area contributed by atoms with Crippen molar-refractivity contribution in [2.24, 2.45) is 0 Å². The maximum absolute atomic E-state index is 11.8. The molecule has 0 unspecified atom stereocenters. The maximum atomic E-state index is 11.8. The molecule has 0 fully saturated rings. The molecule has 106 valence electrons. The van der Waals surface area contributed by atoms with Crippen molar-refractivity contribution in [1.82, 2.24) is 0 Å². The standard InChI is InChI=1S/C14H21NO4/c1-11-5-3-6-12(15)13(11)14(16)19-10-9-18-8-4-7-17-2/h3,5-6H,4,7-10,15H2,1-2H3. The van der Waals surface area contributed by atoms with E-state index in [1.807, 2.05) is 13.0 Å². The van der Waals surface area contributed by atoms with Crippen molar-refractivity contribution in [3.8, 4) is 0 Å². The number of hydrogen-bond donors (Lipinski definition) is 1. The molecule has 1 rings (SSSR count). The molecular weight excluding hydrogens is 246 g/mol. The average Bonchev–Trinajstić information content (AvgIpc) is 2.37. The van der Waals surface area contributed by atoms with Gasteiger partial charge in [-0.2, -0.15) is 0 Å². The third-order valence-electron chi connectivity index (χ3n) is 2.61. The third-order valence-corrected chi connectivity index (χ3v) is 2.61. The summed E-state index contributed by atoms with van der Waals surface area (Å²) in [6.07, 6.45) is 0.829. The fraction of sp³-hybridized carbons (Fsp3) is 0.500. The normalized spacial score (nSPS) is 10.4. The van der Waals surface area contributed by atoms with Crippen molar-refractivity contribution in [2.75, 3.05) is 39.3 Å². The summed E-state index contributed by atoms with van der Waals surface area (Å²) in [7, 11) is 1.65. The molecule has 5 nitrogen and oxygen atoms in total. The Labute approximate surface area is 113 Å². The molecule has 0 saturated carbocycles. The Morgan fingerprint density at radius 2 is 2.00 bits per heavy atom. The van der Waals surface area contributed by atoms with Crippen LogP contribution < -0.4 is 5.73 Å². The number of nitrogen functional groups attached to an aromatic ring is 1. The summed E-state index contributed by atoms with van der Waals surface area (Å²) in [5, 5.41) is 0. The number of methoxy groups -OCH3 is 1. The van der Waals surface area contributed by atoms with Crippen LogP contribution in [0.5, 0.6) is 0 Å². The highest BCUT2D eigenvalue weighted by molar-refractivity contribution is 5.96. The lowest BCUT2D eigenvalue weighted by atomic mass is 10.1. The smallest absolute Gasteiger partial charge is 0.340 e. The van der Waals surface area contributed by atoms with Gasteiger partial charge in [0.15, 0.2) is 0 Å². The number of carbonyl (C=O) groups excluding carboxylic acids is 1. The summed E-state index contributed by atoms with van der Waals surface area (Å²) < 4.78 is 15.3. The number of benzene rings is 1. The van der Waals surface area contributed by atoms with Gasteiger partial charge >= 0.3 is 5.97 Å². The Balaban J connectivity index is 2.28. The van der Waals surface area contributed by atoms with Crippen LogP contribution in [0.4, 0.5) is 5.69 Å². The van der Waals surface area contributed by atoms with Gasteiger partial charge in [0.25, 0.3) is 0 Å². The second kappa shape index (κ2) is 8.50. The molecule has 0 radical (unpaired) electrons. The van der Waals surface area contributed by atoms with Crippen molar-refractivity contribution in [3.05, 3.63) is 29.3 Å². The fourth-order valence-electron chi connectivity index (χ4n) is 1.64. The van der Waals surface area contributed by atoms with E-state index in [2.05, 4.69) is 0 Å². The molecule has 1 aromatic rings. The van der Waals surface area contributed by atoms with Crippen molar-refractivity contribution >= 4 is 11.7 Å². The van der Waals surface area contributed by atoms with Gasteiger partial charge in [0.05, 0.1) is 12.2 Å². The predicted octanol–water partition coefficient (Wildman–Crippen LogP) is 1.79. The Hall–Kier alpha value is -1.59. The largest absolute Gasteiger partial charge is 0.460 e. The highest BCUT2D eigenvalue weighted by Gasteiger charge is 2.13. The molecule has 0 aliphatic carbocycles. The second-order valence-electron chi connectivity index (χ2n) is 4.13. The Morgan fingerprint density at radius 1 is 1.21 bits per heavy atom. The van der Waals surface area contributed by atoms with Crippen molar-refractivity contribution in [3.63, 3.8) is 0 Å². The first-order chi connectivity index (χ1) is 9.16. The number of aryl methyl sites for hydroxylation is 1. The van der Waals surface area contributed by atoms with Crippen LogP contribution in [0.3, 0.4) is 0 Å². The second-order valence-corrected chi connectivity index (χ2v) is 4.13. The van der Waals surface area contributed by atoms with Gasteiger partial charge in [0, 0.05) is 26.0 Å². The summed E-state index contributed by atoms with van der Waals surface area (Å²) in [6, 6.07) is 5.32. The molecule has 1 aromatic carbocycles. The number of esters is 1. The summed E-state index contributed by atoms with van der Waals surface area (Å²) >= 11 is 0. The lowest BCUT2D eigenvalue weighted by molar-refractivity contribution is 0.0288. The Bertz CT molecular complexity index is 386. The molecule has 0 amide bonds. The monoisotopic (exact) mass is 267 g/mol. The number of nitrogens with two attached hydrogens (primary N) is 1. The first kappa shape index (κ1) is 15.5. The molecular formula is C14H21NO4. The van der Waals surface area contributed by atoms with E-state index in [1.54, 1.807) is 19.2 Å². The van der Waals surface area contributed by atoms with E-state index in [-0.39, 0.29) is 6.61 Å². The number of ether oxygens (including phenoxy) is 3. The van der Waals surface area contributed by atoms with E-state index in [4.69, 9.17) is 19.9 Å². The predicted molar refractivity (Wildman–Crippen MR) is 73.2 cm³/mol. The Morgan fingerprint density at radius 3 is 2.68 bits per heavy atom. The Kier molecular flexibility index (Phi) is 6.92. The van der Waals surface area contributed by atoms with Gasteiger partial charge in [0.2, 0.25) is 0 Å². The van der Waals surface area contributed by atoms with Crippen LogP contribution in [0.25, 0.3) is 0 Å². The van der Waals surface area contributed by atoms with E-state index in [0.717, 1.165) is 12.0 Å². The number of rotatable bonds is 8. The zero-order valence-corrected chi connectivity index (χ0v) is 11.5. The van der Waals surface area contributed by atoms with Gasteiger partial charge < -0.3 is 19.9 Å². The molecule has 0 aliphatic heterocycles. The van der Waals surface area contributed by atoms with Gasteiger partial charge in [-0.05, 0) is 25.0 Å². The first-order valence-corrected chi connectivity index (χ1v) is 6.25. The quantitative estimate of drug-likeness (QED) is 0.441. The molecule has 5 heteroatoms. The molecule has 0 aliphatic rings. The zero-order valence-electron chi connectivity index (χ0n) is 11.5. The molecule has 19 heavy (non-hydrogen) atoms. The summed E-state index contributed by atoms with van der Waals surface area (Å²) in [5.41, 5.74) is 7.44. The number of carbonyl (C=O) groups is 1. The molecule has 0 heterocycles. The summed E-state index contributed by atoms with van der Waals surface area (Å²) in [5.74, 6) is -0.406. The highest BCUT2D eigenvalue weighted by atomic mass is 16.6. The topological polar surface area (TPSA) is 70.8 Å². The van der Waals surface area contributed by atoms with Gasteiger partial charge in [-0.15, -0.1) is 0 Å². The average molecular weight is 267 g/mol. The van der Waals surface area contributed by atoms with E-state index in [0.29, 0.717) is 31.1 Å². The minimum atomic E-state index is -0.406. The summed E-state index contributed by atoms with van der Waals surface area (Å²) in [4.78, 5) is 11.8. The highest BCUT2D eigenvalue weighted by Crippen LogP contribution is 2.17. The number of hydrogen-bond acceptors (Lipinski definition) is 5. The van der Waals surface area contributed by atoms with Crippen LogP contribution in [-0.2, 0) is 14.2 Å². The van der Waals surface area contributed by atoms with Gasteiger partial charge in [-0.1, -0.05) is 12.1 Å². The summed E-state index contributed by atoms with van der Waals surface area (Å²) in [6.45, 7) is 3.69. The maximum Gasteiger partial charge on any atom is 0.340 e. The fourth-order valence-corrected chi connectivity index (χ4v) is 1.64. The molecule has 0 spiro atoms. The van der Waals surface area contributed by atoms with Crippen LogP contribution in [0, 0.1) is 6.92 Å². The number of anilines is 1. The van der Waals surface area contributed by atoms with Gasteiger partial charge in [-0.3, -0.25) is 0 Å². The lowest BCUT2D eigenvalue weighted by Gasteiger charge is -2.09.